The van der Waals surface area contributed by atoms with E-state index in [-0.39, 0.29) is 5.82 Å². The van der Waals surface area contributed by atoms with E-state index in [9.17, 15) is 9.50 Å². The molecule has 1 aliphatic rings. The van der Waals surface area contributed by atoms with E-state index in [0.717, 1.165) is 36.2 Å². The van der Waals surface area contributed by atoms with Crippen LogP contribution in [0.25, 0.3) is 0 Å². The molecule has 1 N–H and O–H groups in total. The SMILES string of the molecule is OC1CCCN(Cc2cc(F)ccc2Cl)c2ccccc21. The summed E-state index contributed by atoms with van der Waals surface area (Å²) in [5.41, 5.74) is 2.70. The van der Waals surface area contributed by atoms with Gasteiger partial charge >= 0.3 is 0 Å². The Morgan fingerprint density at radius 3 is 2.90 bits per heavy atom. The van der Waals surface area contributed by atoms with E-state index >= 15 is 0 Å². The summed E-state index contributed by atoms with van der Waals surface area (Å²) in [6, 6.07) is 12.3. The number of halogens is 2. The van der Waals surface area contributed by atoms with Crippen LogP contribution in [0, 0.1) is 5.82 Å². The Labute approximate surface area is 128 Å². The number of fused-ring (bicyclic) bond motifs is 1. The average molecular weight is 306 g/mol. The molecule has 0 saturated carbocycles. The number of aliphatic hydroxyl groups is 1. The highest BCUT2D eigenvalue weighted by Crippen LogP contribution is 2.34. The fraction of sp³-hybridized carbons (Fsp3) is 0.294. The fourth-order valence-corrected chi connectivity index (χ4v) is 3.02. The van der Waals surface area contributed by atoms with Gasteiger partial charge in [0.25, 0.3) is 0 Å². The third-order valence-electron chi connectivity index (χ3n) is 3.91. The molecular formula is C17H17ClFNO. The lowest BCUT2D eigenvalue weighted by atomic mass is 10.0. The predicted octanol–water partition coefficient (Wildman–Crippen LogP) is 4.31. The van der Waals surface area contributed by atoms with Crippen molar-refractivity contribution in [3.63, 3.8) is 0 Å². The van der Waals surface area contributed by atoms with Gasteiger partial charge in [-0.25, -0.2) is 4.39 Å². The van der Waals surface area contributed by atoms with Crippen molar-refractivity contribution in [1.82, 2.24) is 0 Å². The van der Waals surface area contributed by atoms with Gasteiger partial charge in [-0.3, -0.25) is 0 Å². The van der Waals surface area contributed by atoms with Gasteiger partial charge in [-0.1, -0.05) is 29.8 Å². The van der Waals surface area contributed by atoms with Gasteiger partial charge in [0.05, 0.1) is 6.10 Å². The van der Waals surface area contributed by atoms with Gasteiger partial charge < -0.3 is 10.0 Å². The molecule has 3 rings (SSSR count). The van der Waals surface area contributed by atoms with Crippen LogP contribution < -0.4 is 4.90 Å². The average Bonchev–Trinajstić information content (AvgIpc) is 2.64. The van der Waals surface area contributed by atoms with Gasteiger partial charge in [-0.05, 0) is 42.7 Å². The molecule has 21 heavy (non-hydrogen) atoms. The first-order valence-electron chi connectivity index (χ1n) is 7.11. The predicted molar refractivity (Wildman–Crippen MR) is 83.1 cm³/mol. The molecular weight excluding hydrogens is 289 g/mol. The first-order valence-corrected chi connectivity index (χ1v) is 7.49. The van der Waals surface area contributed by atoms with Crippen LogP contribution in [0.5, 0.6) is 0 Å². The van der Waals surface area contributed by atoms with E-state index in [0.29, 0.717) is 11.6 Å². The van der Waals surface area contributed by atoms with Gasteiger partial charge in [-0.2, -0.15) is 0 Å². The van der Waals surface area contributed by atoms with Gasteiger partial charge in [0, 0.05) is 29.4 Å². The van der Waals surface area contributed by atoms with Gasteiger partial charge in [0.15, 0.2) is 0 Å². The first-order chi connectivity index (χ1) is 10.1. The fourth-order valence-electron chi connectivity index (χ4n) is 2.84. The number of nitrogens with zero attached hydrogens (tertiary/aromatic N) is 1. The lowest BCUT2D eigenvalue weighted by molar-refractivity contribution is 0.168. The van der Waals surface area contributed by atoms with E-state index < -0.39 is 6.10 Å². The zero-order valence-electron chi connectivity index (χ0n) is 11.6. The lowest BCUT2D eigenvalue weighted by Gasteiger charge is -2.25. The summed E-state index contributed by atoms with van der Waals surface area (Å²) >= 11 is 6.17. The highest BCUT2D eigenvalue weighted by molar-refractivity contribution is 6.31. The molecule has 4 heteroatoms. The molecule has 1 heterocycles. The highest BCUT2D eigenvalue weighted by Gasteiger charge is 2.21. The Kier molecular flexibility index (Phi) is 4.13. The Morgan fingerprint density at radius 2 is 2.05 bits per heavy atom. The van der Waals surface area contributed by atoms with Crippen molar-refractivity contribution < 1.29 is 9.50 Å². The van der Waals surface area contributed by atoms with Gasteiger partial charge in [-0.15, -0.1) is 0 Å². The van der Waals surface area contributed by atoms with Crippen LogP contribution in [-0.2, 0) is 6.54 Å². The summed E-state index contributed by atoms with van der Waals surface area (Å²) in [6.07, 6.45) is 1.20. The molecule has 0 saturated heterocycles. The second kappa shape index (κ2) is 6.04. The maximum absolute atomic E-state index is 13.4. The number of aliphatic hydroxyl groups excluding tert-OH is 1. The topological polar surface area (TPSA) is 23.5 Å². The van der Waals surface area contributed by atoms with Crippen LogP contribution >= 0.6 is 11.6 Å². The van der Waals surface area contributed by atoms with E-state index in [1.54, 1.807) is 6.07 Å². The molecule has 1 unspecified atom stereocenters. The Balaban J connectivity index is 1.95. The van der Waals surface area contributed by atoms with Crippen LogP contribution in [0.2, 0.25) is 5.02 Å². The maximum atomic E-state index is 13.4. The Hall–Kier alpha value is -1.58. The number of hydrogen-bond donors (Lipinski definition) is 1. The molecule has 2 aromatic rings. The zero-order chi connectivity index (χ0) is 14.8. The smallest absolute Gasteiger partial charge is 0.123 e. The minimum Gasteiger partial charge on any atom is -0.388 e. The molecule has 1 atom stereocenters. The number of anilines is 1. The van der Waals surface area contributed by atoms with Crippen LogP contribution in [0.3, 0.4) is 0 Å². The third kappa shape index (κ3) is 3.04. The molecule has 0 amide bonds. The number of rotatable bonds is 2. The van der Waals surface area contributed by atoms with Crippen molar-refractivity contribution >= 4 is 17.3 Å². The molecule has 2 aromatic carbocycles. The van der Waals surface area contributed by atoms with Gasteiger partial charge in [0.1, 0.15) is 5.82 Å². The van der Waals surface area contributed by atoms with E-state index in [1.165, 1.54) is 12.1 Å². The second-order valence-corrected chi connectivity index (χ2v) is 5.78. The quantitative estimate of drug-likeness (QED) is 0.893. The Bertz CT molecular complexity index is 646. The third-order valence-corrected chi connectivity index (χ3v) is 4.28. The number of benzene rings is 2. The van der Waals surface area contributed by atoms with Crippen molar-refractivity contribution in [2.24, 2.45) is 0 Å². The van der Waals surface area contributed by atoms with E-state index in [1.807, 2.05) is 24.3 Å². The minimum absolute atomic E-state index is 0.280. The van der Waals surface area contributed by atoms with Crippen LogP contribution in [-0.4, -0.2) is 11.7 Å². The molecule has 0 spiro atoms. The van der Waals surface area contributed by atoms with E-state index in [4.69, 9.17) is 11.6 Å². The normalized spacial score (nSPS) is 18.2. The maximum Gasteiger partial charge on any atom is 0.123 e. The summed E-state index contributed by atoms with van der Waals surface area (Å²) in [4.78, 5) is 2.16. The largest absolute Gasteiger partial charge is 0.388 e. The van der Waals surface area contributed by atoms with E-state index in [2.05, 4.69) is 4.90 Å². The van der Waals surface area contributed by atoms with Crippen LogP contribution in [0.15, 0.2) is 42.5 Å². The summed E-state index contributed by atoms with van der Waals surface area (Å²) in [6.45, 7) is 1.36. The van der Waals surface area contributed by atoms with Crippen molar-refractivity contribution in [1.29, 1.82) is 0 Å². The zero-order valence-corrected chi connectivity index (χ0v) is 12.4. The first kappa shape index (κ1) is 14.4. The Morgan fingerprint density at radius 1 is 1.24 bits per heavy atom. The van der Waals surface area contributed by atoms with Crippen LogP contribution in [0.1, 0.15) is 30.1 Å². The molecule has 110 valence electrons. The second-order valence-electron chi connectivity index (χ2n) is 5.37. The summed E-state index contributed by atoms with van der Waals surface area (Å²) in [5.74, 6) is -0.280. The standard InChI is InChI=1S/C17H17ClFNO/c18-15-8-7-13(19)10-12(15)11-20-9-3-6-17(21)14-4-1-2-5-16(14)20/h1-2,4-5,7-8,10,17,21H,3,6,9,11H2. The molecule has 2 nitrogen and oxygen atoms in total. The molecule has 0 bridgehead atoms. The van der Waals surface area contributed by atoms with Crippen molar-refractivity contribution in [3.8, 4) is 0 Å². The molecule has 0 radical (unpaired) electrons. The molecule has 1 aliphatic heterocycles. The highest BCUT2D eigenvalue weighted by atomic mass is 35.5. The number of hydrogen-bond acceptors (Lipinski definition) is 2. The monoisotopic (exact) mass is 305 g/mol. The van der Waals surface area contributed by atoms with Gasteiger partial charge in [0.2, 0.25) is 0 Å². The lowest BCUT2D eigenvalue weighted by Crippen LogP contribution is -2.23. The summed E-state index contributed by atoms with van der Waals surface area (Å²) in [5, 5.41) is 10.8. The van der Waals surface area contributed by atoms with Crippen LogP contribution in [0.4, 0.5) is 10.1 Å². The summed E-state index contributed by atoms with van der Waals surface area (Å²) < 4.78 is 13.4. The summed E-state index contributed by atoms with van der Waals surface area (Å²) in [7, 11) is 0. The number of para-hydroxylation sites is 1. The molecule has 0 fully saturated rings. The van der Waals surface area contributed by atoms with Crippen molar-refractivity contribution in [2.75, 3.05) is 11.4 Å². The van der Waals surface area contributed by atoms with Crippen molar-refractivity contribution in [2.45, 2.75) is 25.5 Å². The molecule has 0 aliphatic carbocycles. The molecule has 0 aromatic heterocycles. The van der Waals surface area contributed by atoms with Crippen molar-refractivity contribution in [3.05, 3.63) is 64.4 Å². The minimum atomic E-state index is -0.436.